The van der Waals surface area contributed by atoms with E-state index in [2.05, 4.69) is 10.3 Å². The number of nitrogens with one attached hydrogen (secondary N) is 1. The van der Waals surface area contributed by atoms with Crippen LogP contribution < -0.4 is 5.32 Å². The van der Waals surface area contributed by atoms with Crippen molar-refractivity contribution in [1.29, 1.82) is 0 Å². The maximum Gasteiger partial charge on any atom is 0.313 e. The summed E-state index contributed by atoms with van der Waals surface area (Å²) in [6, 6.07) is 6.72. The van der Waals surface area contributed by atoms with Crippen LogP contribution in [0, 0.1) is 10.1 Å². The van der Waals surface area contributed by atoms with Crippen molar-refractivity contribution in [3.8, 4) is 0 Å². The van der Waals surface area contributed by atoms with E-state index in [0.717, 1.165) is 0 Å². The molecule has 2 heterocycles. The summed E-state index contributed by atoms with van der Waals surface area (Å²) in [5, 5.41) is 13.9. The van der Waals surface area contributed by atoms with E-state index in [9.17, 15) is 19.7 Å². The minimum atomic E-state index is -1.25. The molecule has 0 radical (unpaired) electrons. The Kier molecular flexibility index (Phi) is 3.81. The van der Waals surface area contributed by atoms with E-state index in [1.54, 1.807) is 24.3 Å². The molecular formula is C15H16N4O4. The molecule has 1 atom stereocenters. The van der Waals surface area contributed by atoms with Crippen molar-refractivity contribution < 1.29 is 14.5 Å². The second-order valence-corrected chi connectivity index (χ2v) is 5.67. The molecule has 0 aromatic heterocycles. The molecule has 8 nitrogen and oxygen atoms in total. The standard InChI is InChI=1S/C15H16N4O4/c20-13-11-5-1-2-6-12(11)14(21)18(13)8-4-3-7-15(19(22)23)9-16-10-17-15/h1-2,5-6,10H,3-4,7-9H2,(H,16,17). The molecular weight excluding hydrogens is 300 g/mol. The first kappa shape index (κ1) is 15.1. The highest BCUT2D eigenvalue weighted by Gasteiger charge is 2.44. The average Bonchev–Trinajstić information content (AvgIpc) is 3.12. The molecule has 3 rings (SSSR count). The maximum atomic E-state index is 12.2. The van der Waals surface area contributed by atoms with Crippen LogP contribution in [0.5, 0.6) is 0 Å². The largest absolute Gasteiger partial charge is 0.313 e. The Balaban J connectivity index is 1.55. The molecule has 1 aromatic carbocycles. The Labute approximate surface area is 132 Å². The number of hydrogen-bond donors (Lipinski definition) is 1. The van der Waals surface area contributed by atoms with Gasteiger partial charge in [0.25, 0.3) is 11.8 Å². The van der Waals surface area contributed by atoms with Crippen LogP contribution >= 0.6 is 0 Å². The third-order valence-corrected chi connectivity index (χ3v) is 4.23. The number of imide groups is 1. The SMILES string of the molecule is O=C1c2ccccc2C(=O)N1CCCCC1([N+](=O)[O-])CN=CN1. The number of unbranched alkanes of at least 4 members (excludes halogenated alkanes) is 1. The molecule has 1 unspecified atom stereocenters. The maximum absolute atomic E-state index is 12.2. The lowest BCUT2D eigenvalue weighted by molar-refractivity contribution is -0.571. The van der Waals surface area contributed by atoms with Gasteiger partial charge in [-0.2, -0.15) is 0 Å². The van der Waals surface area contributed by atoms with E-state index in [1.807, 2.05) is 0 Å². The van der Waals surface area contributed by atoms with Crippen LogP contribution in [-0.2, 0) is 0 Å². The zero-order valence-corrected chi connectivity index (χ0v) is 12.4. The zero-order chi connectivity index (χ0) is 16.4. The van der Waals surface area contributed by atoms with Gasteiger partial charge in [-0.1, -0.05) is 12.1 Å². The third kappa shape index (κ3) is 2.56. The quantitative estimate of drug-likeness (QED) is 0.365. The Morgan fingerprint density at radius 1 is 1.22 bits per heavy atom. The lowest BCUT2D eigenvalue weighted by Crippen LogP contribution is -2.50. The first-order valence-electron chi connectivity index (χ1n) is 7.41. The lowest BCUT2D eigenvalue weighted by Gasteiger charge is -2.20. The van der Waals surface area contributed by atoms with Gasteiger partial charge in [0, 0.05) is 13.0 Å². The number of amides is 2. The summed E-state index contributed by atoms with van der Waals surface area (Å²) >= 11 is 0. The normalized spacial score (nSPS) is 22.3. The molecule has 2 aliphatic heterocycles. The van der Waals surface area contributed by atoms with Crippen LogP contribution in [-0.4, -0.2) is 46.7 Å². The van der Waals surface area contributed by atoms with Crippen molar-refractivity contribution in [3.63, 3.8) is 0 Å². The van der Waals surface area contributed by atoms with Gasteiger partial charge in [-0.3, -0.25) is 29.6 Å². The molecule has 8 heteroatoms. The number of fused-ring (bicyclic) bond motifs is 1. The molecule has 0 fully saturated rings. The highest BCUT2D eigenvalue weighted by Crippen LogP contribution is 2.24. The van der Waals surface area contributed by atoms with Gasteiger partial charge >= 0.3 is 5.66 Å². The fraction of sp³-hybridized carbons (Fsp3) is 0.400. The van der Waals surface area contributed by atoms with E-state index in [4.69, 9.17) is 0 Å². The smallest absolute Gasteiger partial charge is 0.311 e. The topological polar surface area (TPSA) is 105 Å². The molecule has 1 aromatic rings. The minimum Gasteiger partial charge on any atom is -0.311 e. The summed E-state index contributed by atoms with van der Waals surface area (Å²) in [5.41, 5.74) is -0.405. The molecule has 2 amide bonds. The molecule has 0 saturated carbocycles. The van der Waals surface area contributed by atoms with Gasteiger partial charge in [-0.15, -0.1) is 0 Å². The Morgan fingerprint density at radius 3 is 2.39 bits per heavy atom. The molecule has 0 bridgehead atoms. The van der Waals surface area contributed by atoms with E-state index < -0.39 is 5.66 Å². The van der Waals surface area contributed by atoms with Crippen LogP contribution in [0.4, 0.5) is 0 Å². The summed E-state index contributed by atoms with van der Waals surface area (Å²) in [5.74, 6) is -0.589. The monoisotopic (exact) mass is 316 g/mol. The molecule has 0 aliphatic carbocycles. The molecule has 120 valence electrons. The summed E-state index contributed by atoms with van der Waals surface area (Å²) in [4.78, 5) is 40.3. The third-order valence-electron chi connectivity index (χ3n) is 4.23. The highest BCUT2D eigenvalue weighted by atomic mass is 16.6. The number of carbonyl (C=O) groups is 2. The van der Waals surface area contributed by atoms with Crippen LogP contribution in [0.15, 0.2) is 29.3 Å². The number of aliphatic imine (C=N–C) groups is 1. The van der Waals surface area contributed by atoms with Crippen molar-refractivity contribution in [2.24, 2.45) is 4.99 Å². The van der Waals surface area contributed by atoms with Crippen molar-refractivity contribution >= 4 is 18.2 Å². The number of rotatable bonds is 6. The van der Waals surface area contributed by atoms with Gasteiger partial charge in [-0.05, 0) is 25.0 Å². The summed E-state index contributed by atoms with van der Waals surface area (Å²) < 4.78 is 0. The van der Waals surface area contributed by atoms with Gasteiger partial charge in [-0.25, -0.2) is 0 Å². The second kappa shape index (κ2) is 5.79. The van der Waals surface area contributed by atoms with E-state index in [0.29, 0.717) is 30.4 Å². The molecule has 0 spiro atoms. The summed E-state index contributed by atoms with van der Waals surface area (Å²) in [7, 11) is 0. The van der Waals surface area contributed by atoms with Gasteiger partial charge in [0.05, 0.1) is 22.4 Å². The second-order valence-electron chi connectivity index (χ2n) is 5.67. The van der Waals surface area contributed by atoms with Crippen LogP contribution in [0.25, 0.3) is 0 Å². The Hall–Kier alpha value is -2.77. The summed E-state index contributed by atoms with van der Waals surface area (Å²) in [6.45, 7) is 0.369. The van der Waals surface area contributed by atoms with Crippen molar-refractivity contribution in [3.05, 3.63) is 45.5 Å². The van der Waals surface area contributed by atoms with Gasteiger partial charge in [0.2, 0.25) is 0 Å². The van der Waals surface area contributed by atoms with E-state index >= 15 is 0 Å². The van der Waals surface area contributed by atoms with Crippen molar-refractivity contribution in [2.45, 2.75) is 24.9 Å². The fourth-order valence-corrected chi connectivity index (χ4v) is 2.89. The number of hydrogen-bond acceptors (Lipinski definition) is 6. The van der Waals surface area contributed by atoms with Crippen LogP contribution in [0.1, 0.15) is 40.0 Å². The van der Waals surface area contributed by atoms with Gasteiger partial charge in [0.15, 0.2) is 0 Å². The first-order valence-corrected chi connectivity index (χ1v) is 7.41. The van der Waals surface area contributed by atoms with E-state index in [-0.39, 0.29) is 29.8 Å². The predicted octanol–water partition coefficient (Wildman–Crippen LogP) is 1.06. The van der Waals surface area contributed by atoms with Crippen LogP contribution in [0.2, 0.25) is 0 Å². The summed E-state index contributed by atoms with van der Waals surface area (Å²) in [6.07, 6.45) is 2.68. The molecule has 1 N–H and O–H groups in total. The lowest BCUT2D eigenvalue weighted by atomic mass is 10.0. The molecule has 23 heavy (non-hydrogen) atoms. The van der Waals surface area contributed by atoms with E-state index in [1.165, 1.54) is 11.2 Å². The number of benzene rings is 1. The predicted molar refractivity (Wildman–Crippen MR) is 81.9 cm³/mol. The number of nitro groups is 1. The number of nitrogens with zero attached hydrogens (tertiary/aromatic N) is 3. The highest BCUT2D eigenvalue weighted by molar-refractivity contribution is 6.21. The Bertz CT molecular complexity index is 657. The van der Waals surface area contributed by atoms with Crippen molar-refractivity contribution in [2.75, 3.05) is 13.1 Å². The van der Waals surface area contributed by atoms with Crippen molar-refractivity contribution in [1.82, 2.24) is 10.2 Å². The van der Waals surface area contributed by atoms with Gasteiger partial charge < -0.3 is 5.32 Å². The minimum absolute atomic E-state index is 0.104. The fourth-order valence-electron chi connectivity index (χ4n) is 2.89. The molecule has 2 aliphatic rings. The van der Waals surface area contributed by atoms with Gasteiger partial charge in [0.1, 0.15) is 6.54 Å². The Morgan fingerprint density at radius 2 is 1.87 bits per heavy atom. The number of carbonyl (C=O) groups excluding carboxylic acids is 2. The zero-order valence-electron chi connectivity index (χ0n) is 12.4. The first-order chi connectivity index (χ1) is 11.1. The average molecular weight is 316 g/mol. The molecule has 0 saturated heterocycles. The van der Waals surface area contributed by atoms with Crippen LogP contribution in [0.3, 0.4) is 0 Å².